The maximum Gasteiger partial charge on any atom is 0.338 e. The van der Waals surface area contributed by atoms with Crippen molar-refractivity contribution in [2.75, 3.05) is 25.0 Å². The molecule has 0 atom stereocenters. The minimum atomic E-state index is -0.655. The Bertz CT molecular complexity index is 905. The predicted molar refractivity (Wildman–Crippen MR) is 107 cm³/mol. The predicted octanol–water partition coefficient (Wildman–Crippen LogP) is 1.88. The van der Waals surface area contributed by atoms with Crippen molar-refractivity contribution in [1.82, 2.24) is 4.90 Å². The molecule has 1 fully saturated rings. The highest BCUT2D eigenvalue weighted by atomic mass is 32.1. The highest BCUT2D eigenvalue weighted by molar-refractivity contribution is 7.12. The summed E-state index contributed by atoms with van der Waals surface area (Å²) in [7, 11) is 0. The first-order chi connectivity index (χ1) is 13.9. The van der Waals surface area contributed by atoms with Crippen LogP contribution in [0.2, 0.25) is 0 Å². The van der Waals surface area contributed by atoms with Crippen LogP contribution in [0.15, 0.2) is 41.8 Å². The lowest BCUT2D eigenvalue weighted by molar-refractivity contribution is -0.137. The third-order valence-corrected chi connectivity index (χ3v) is 5.55. The molecule has 29 heavy (non-hydrogen) atoms. The quantitative estimate of drug-likeness (QED) is 0.698. The van der Waals surface area contributed by atoms with Crippen molar-refractivity contribution < 1.29 is 23.9 Å². The molecule has 3 rings (SSSR count). The standard InChI is InChI=1S/C20H21N3O5S/c21-18(25)13-6-8-23(9-7-13)17(24)12-28-20(27)14-3-1-4-15(11-14)22-19(26)16-5-2-10-29-16/h1-5,10-11,13H,6-9,12H2,(H2,21,25)(H,22,26). The molecular weight excluding hydrogens is 394 g/mol. The second kappa shape index (κ2) is 9.33. The van der Waals surface area contributed by atoms with E-state index in [0.29, 0.717) is 36.5 Å². The molecule has 8 nitrogen and oxygen atoms in total. The number of piperidine rings is 1. The number of ether oxygens (including phenoxy) is 1. The van der Waals surface area contributed by atoms with Crippen molar-refractivity contribution in [2.45, 2.75) is 12.8 Å². The normalized spacial score (nSPS) is 14.3. The molecule has 0 unspecified atom stereocenters. The fourth-order valence-corrected chi connectivity index (χ4v) is 3.66. The minimum Gasteiger partial charge on any atom is -0.452 e. The molecule has 2 heterocycles. The first-order valence-corrected chi connectivity index (χ1v) is 10.0. The maximum atomic E-state index is 12.3. The van der Waals surface area contributed by atoms with Gasteiger partial charge in [-0.25, -0.2) is 4.79 Å². The lowest BCUT2D eigenvalue weighted by Gasteiger charge is -2.30. The van der Waals surface area contributed by atoms with Crippen LogP contribution in [0, 0.1) is 5.92 Å². The largest absolute Gasteiger partial charge is 0.452 e. The van der Waals surface area contributed by atoms with Crippen LogP contribution in [0.5, 0.6) is 0 Å². The minimum absolute atomic E-state index is 0.214. The zero-order valence-electron chi connectivity index (χ0n) is 15.6. The number of hydrogen-bond acceptors (Lipinski definition) is 6. The Morgan fingerprint density at radius 3 is 2.55 bits per heavy atom. The lowest BCUT2D eigenvalue weighted by Crippen LogP contribution is -2.43. The van der Waals surface area contributed by atoms with Gasteiger partial charge in [0.1, 0.15) is 0 Å². The van der Waals surface area contributed by atoms with Gasteiger partial charge in [-0.05, 0) is 42.5 Å². The van der Waals surface area contributed by atoms with E-state index >= 15 is 0 Å². The number of anilines is 1. The Labute approximate surface area is 171 Å². The maximum absolute atomic E-state index is 12.3. The van der Waals surface area contributed by atoms with Gasteiger partial charge in [0.25, 0.3) is 11.8 Å². The number of carbonyl (C=O) groups excluding carboxylic acids is 4. The summed E-state index contributed by atoms with van der Waals surface area (Å²) in [6, 6.07) is 9.81. The van der Waals surface area contributed by atoms with Crippen LogP contribution in [-0.4, -0.2) is 48.3 Å². The molecule has 9 heteroatoms. The van der Waals surface area contributed by atoms with Gasteiger partial charge in [-0.2, -0.15) is 0 Å². The Morgan fingerprint density at radius 2 is 1.90 bits per heavy atom. The van der Waals surface area contributed by atoms with Gasteiger partial charge in [0.15, 0.2) is 6.61 Å². The van der Waals surface area contributed by atoms with Gasteiger partial charge in [0.2, 0.25) is 5.91 Å². The monoisotopic (exact) mass is 415 g/mol. The van der Waals surface area contributed by atoms with Crippen molar-refractivity contribution in [2.24, 2.45) is 11.7 Å². The van der Waals surface area contributed by atoms with Crippen LogP contribution in [0.25, 0.3) is 0 Å². The number of primary amides is 1. The molecule has 3 N–H and O–H groups in total. The lowest BCUT2D eigenvalue weighted by atomic mass is 9.96. The number of nitrogens with two attached hydrogens (primary N) is 1. The number of thiophene rings is 1. The van der Waals surface area contributed by atoms with Gasteiger partial charge in [-0.3, -0.25) is 14.4 Å². The zero-order valence-corrected chi connectivity index (χ0v) is 16.4. The molecule has 0 saturated carbocycles. The number of nitrogens with zero attached hydrogens (tertiary/aromatic N) is 1. The smallest absolute Gasteiger partial charge is 0.338 e. The Kier molecular flexibility index (Phi) is 6.61. The number of esters is 1. The summed E-state index contributed by atoms with van der Waals surface area (Å²) < 4.78 is 5.12. The molecule has 152 valence electrons. The second-order valence-corrected chi connectivity index (χ2v) is 7.59. The van der Waals surface area contributed by atoms with Crippen LogP contribution < -0.4 is 11.1 Å². The molecule has 0 bridgehead atoms. The fourth-order valence-electron chi connectivity index (χ4n) is 3.04. The number of carbonyl (C=O) groups is 4. The highest BCUT2D eigenvalue weighted by Crippen LogP contribution is 2.18. The molecule has 2 aromatic rings. The average molecular weight is 415 g/mol. The van der Waals surface area contributed by atoms with Gasteiger partial charge in [-0.1, -0.05) is 12.1 Å². The highest BCUT2D eigenvalue weighted by Gasteiger charge is 2.26. The number of likely N-dealkylation sites (tertiary alicyclic amines) is 1. The van der Waals surface area contributed by atoms with Gasteiger partial charge < -0.3 is 20.7 Å². The Hall–Kier alpha value is -3.20. The number of hydrogen-bond donors (Lipinski definition) is 2. The first kappa shape index (κ1) is 20.5. The van der Waals surface area contributed by atoms with Gasteiger partial charge in [0.05, 0.1) is 10.4 Å². The van der Waals surface area contributed by atoms with Crippen molar-refractivity contribution in [3.05, 3.63) is 52.2 Å². The number of rotatable bonds is 6. The summed E-state index contributed by atoms with van der Waals surface area (Å²) in [5.74, 6) is -1.80. The summed E-state index contributed by atoms with van der Waals surface area (Å²) in [5, 5.41) is 4.52. The van der Waals surface area contributed by atoms with E-state index in [9.17, 15) is 19.2 Å². The van der Waals surface area contributed by atoms with E-state index in [0.717, 1.165) is 0 Å². The molecule has 1 aromatic heterocycles. The van der Waals surface area contributed by atoms with E-state index in [1.807, 2.05) is 0 Å². The first-order valence-electron chi connectivity index (χ1n) is 9.13. The van der Waals surface area contributed by atoms with Gasteiger partial charge >= 0.3 is 5.97 Å². The number of nitrogens with one attached hydrogen (secondary N) is 1. The molecule has 1 aromatic carbocycles. The zero-order chi connectivity index (χ0) is 20.8. The van der Waals surface area contributed by atoms with Crippen LogP contribution in [-0.2, 0) is 14.3 Å². The third kappa shape index (κ3) is 5.41. The number of benzene rings is 1. The molecule has 1 aliphatic rings. The fraction of sp³-hybridized carbons (Fsp3) is 0.300. The van der Waals surface area contributed by atoms with Crippen molar-refractivity contribution >= 4 is 40.7 Å². The molecular formula is C20H21N3O5S. The average Bonchev–Trinajstić information content (AvgIpc) is 3.27. The summed E-state index contributed by atoms with van der Waals surface area (Å²) in [5.41, 5.74) is 5.97. The van der Waals surface area contributed by atoms with Crippen LogP contribution in [0.1, 0.15) is 32.9 Å². The third-order valence-electron chi connectivity index (χ3n) is 4.68. The summed E-state index contributed by atoms with van der Waals surface area (Å²) >= 11 is 1.32. The van der Waals surface area contributed by atoms with E-state index in [-0.39, 0.29) is 35.8 Å². The molecule has 0 aliphatic carbocycles. The van der Waals surface area contributed by atoms with E-state index in [1.165, 1.54) is 17.4 Å². The molecule has 0 radical (unpaired) electrons. The number of amides is 3. The molecule has 3 amide bonds. The van der Waals surface area contributed by atoms with E-state index in [2.05, 4.69) is 5.32 Å². The van der Waals surface area contributed by atoms with Gasteiger partial charge in [-0.15, -0.1) is 11.3 Å². The van der Waals surface area contributed by atoms with Crippen molar-refractivity contribution in [3.8, 4) is 0 Å². The van der Waals surface area contributed by atoms with Crippen LogP contribution in [0.4, 0.5) is 5.69 Å². The second-order valence-electron chi connectivity index (χ2n) is 6.65. The van der Waals surface area contributed by atoms with E-state index < -0.39 is 5.97 Å². The van der Waals surface area contributed by atoms with E-state index in [1.54, 1.807) is 40.6 Å². The van der Waals surface area contributed by atoms with Crippen LogP contribution in [0.3, 0.4) is 0 Å². The molecule has 1 aliphatic heterocycles. The summed E-state index contributed by atoms with van der Waals surface area (Å²) in [6.45, 7) is 0.439. The van der Waals surface area contributed by atoms with Crippen LogP contribution >= 0.6 is 11.3 Å². The van der Waals surface area contributed by atoms with E-state index in [4.69, 9.17) is 10.5 Å². The Morgan fingerprint density at radius 1 is 1.14 bits per heavy atom. The SMILES string of the molecule is NC(=O)C1CCN(C(=O)COC(=O)c2cccc(NC(=O)c3cccs3)c2)CC1. The summed E-state index contributed by atoms with van der Waals surface area (Å²) in [6.07, 6.45) is 1.03. The Balaban J connectivity index is 1.51. The van der Waals surface area contributed by atoms with Gasteiger partial charge in [0, 0.05) is 24.7 Å². The molecule has 0 spiro atoms. The molecule has 1 saturated heterocycles. The van der Waals surface area contributed by atoms with Crippen molar-refractivity contribution in [3.63, 3.8) is 0 Å². The topological polar surface area (TPSA) is 119 Å². The van der Waals surface area contributed by atoms with Crippen molar-refractivity contribution in [1.29, 1.82) is 0 Å². The summed E-state index contributed by atoms with van der Waals surface area (Å²) in [4.78, 5) is 49.9.